The Hall–Kier alpha value is -1.51. The molecule has 0 saturated heterocycles. The first kappa shape index (κ1) is 75.5. The first-order valence-corrected chi connectivity index (χ1v) is 35.0. The summed E-state index contributed by atoms with van der Waals surface area (Å²) in [6.07, 6.45) is 72.6. The van der Waals surface area contributed by atoms with E-state index in [0.29, 0.717) is 17.4 Å². The monoisotopic (exact) mass is 1110 g/mol. The summed E-state index contributed by atoms with van der Waals surface area (Å²) in [5.41, 5.74) is 0. The van der Waals surface area contributed by atoms with Crippen LogP contribution < -0.4 is 4.89 Å². The fourth-order valence-electron chi connectivity index (χ4n) is 10.0. The molecule has 0 aliphatic carbocycles. The van der Waals surface area contributed by atoms with Gasteiger partial charge < -0.3 is 27.9 Å². The van der Waals surface area contributed by atoms with Crippen molar-refractivity contribution in [3.8, 4) is 0 Å². The van der Waals surface area contributed by atoms with Crippen LogP contribution in [-0.4, -0.2) is 70.0 Å². The molecule has 0 aliphatic heterocycles. The van der Waals surface area contributed by atoms with Gasteiger partial charge in [0.2, 0.25) is 0 Å². The Morgan fingerprint density at radius 3 is 1.03 bits per heavy atom. The Kier molecular flexibility index (Phi) is 58.0. The Bertz CT molecular complexity index is 1350. The second kappa shape index (κ2) is 59.1. The molecular weight excluding hydrogens is 978 g/mol. The number of phosphoric ester groups is 1. The van der Waals surface area contributed by atoms with Gasteiger partial charge in [-0.15, -0.1) is 0 Å². The highest BCUT2D eigenvalue weighted by molar-refractivity contribution is 7.45. The van der Waals surface area contributed by atoms with Crippen LogP contribution in [0.25, 0.3) is 0 Å². The van der Waals surface area contributed by atoms with Gasteiger partial charge in [0.15, 0.2) is 6.10 Å². The van der Waals surface area contributed by atoms with Crippen LogP contribution in [0.3, 0.4) is 0 Å². The number of carbonyl (C=O) groups is 2. The van der Waals surface area contributed by atoms with Gasteiger partial charge in [-0.2, -0.15) is 0 Å². The number of esters is 2. The zero-order valence-electron chi connectivity index (χ0n) is 51.9. The molecule has 0 aromatic rings. The number of hydrogen-bond donors (Lipinski definition) is 0. The molecule has 0 heterocycles. The van der Waals surface area contributed by atoms with Crippen LogP contribution in [0.5, 0.6) is 0 Å². The standard InChI is InChI=1S/C67H130NO8P/c1-6-8-10-12-14-16-18-20-22-24-26-27-28-29-30-31-32-33-34-35-36-37-38-39-40-41-42-44-46-48-50-52-54-56-58-60-67(70)76-65(64-75-77(71,72)74-62-61-68(3,4)5)63-73-66(69)59-57-55-53-51-49-47-45-43-25-23-21-19-17-15-13-11-9-7-2/h18,20,24,26,65H,6-17,19,21-23,25,27-64H2,1-5H3/b20-18-,26-24-. The summed E-state index contributed by atoms with van der Waals surface area (Å²) in [7, 11) is 1.19. The van der Waals surface area contributed by atoms with Gasteiger partial charge in [0.25, 0.3) is 7.82 Å². The maximum Gasteiger partial charge on any atom is 0.306 e. The highest BCUT2D eigenvalue weighted by Gasteiger charge is 2.22. The molecule has 0 rings (SSSR count). The number of ether oxygens (including phenoxy) is 2. The molecule has 10 heteroatoms. The van der Waals surface area contributed by atoms with Crippen molar-refractivity contribution in [3.05, 3.63) is 24.3 Å². The van der Waals surface area contributed by atoms with Gasteiger partial charge >= 0.3 is 11.9 Å². The molecule has 77 heavy (non-hydrogen) atoms. The number of hydrogen-bond acceptors (Lipinski definition) is 8. The summed E-state index contributed by atoms with van der Waals surface area (Å²) in [5.74, 6) is -0.810. The van der Waals surface area contributed by atoms with Crippen LogP contribution in [-0.2, 0) is 32.7 Å². The Morgan fingerprint density at radius 1 is 0.403 bits per heavy atom. The van der Waals surface area contributed by atoms with Gasteiger partial charge in [0.1, 0.15) is 19.8 Å². The van der Waals surface area contributed by atoms with Crippen molar-refractivity contribution in [1.82, 2.24) is 0 Å². The predicted octanol–water partition coefficient (Wildman–Crippen LogP) is 20.7. The number of quaternary nitrogens is 1. The largest absolute Gasteiger partial charge is 0.756 e. The number of carbonyl (C=O) groups excluding carboxylic acids is 2. The minimum Gasteiger partial charge on any atom is -0.756 e. The first-order valence-electron chi connectivity index (χ1n) is 33.5. The molecule has 2 atom stereocenters. The first-order chi connectivity index (χ1) is 37.5. The fraction of sp³-hybridized carbons (Fsp3) is 0.910. The summed E-state index contributed by atoms with van der Waals surface area (Å²) >= 11 is 0. The number of allylic oxidation sites excluding steroid dienone is 4. The number of nitrogens with zero attached hydrogens (tertiary/aromatic N) is 1. The minimum absolute atomic E-state index is 0.0265. The summed E-state index contributed by atoms with van der Waals surface area (Å²) < 4.78 is 34.3. The highest BCUT2D eigenvalue weighted by Crippen LogP contribution is 2.38. The van der Waals surface area contributed by atoms with Crippen LogP contribution in [0.1, 0.15) is 341 Å². The molecular formula is C67H130NO8P. The van der Waals surface area contributed by atoms with Crippen LogP contribution in [0, 0.1) is 0 Å². The second-order valence-corrected chi connectivity index (χ2v) is 25.6. The third-order valence-electron chi connectivity index (χ3n) is 15.2. The lowest BCUT2D eigenvalue weighted by molar-refractivity contribution is -0.870. The molecule has 0 amide bonds. The lowest BCUT2D eigenvalue weighted by Crippen LogP contribution is -2.37. The molecule has 0 radical (unpaired) electrons. The SMILES string of the molecule is CCCCCCC/C=C\C/C=C\CCCCCCCCCCCCCCCCCCCCCCCCCC(=O)OC(COC(=O)CCCCCCCCCCCCCCCCCCCC)COP(=O)([O-])OCC[N+](C)(C)C. The van der Waals surface area contributed by atoms with Crippen LogP contribution in [0.4, 0.5) is 0 Å². The molecule has 0 bridgehead atoms. The number of rotatable bonds is 63. The fourth-order valence-corrected chi connectivity index (χ4v) is 10.8. The molecule has 0 aromatic heterocycles. The lowest BCUT2D eigenvalue weighted by Gasteiger charge is -2.28. The van der Waals surface area contributed by atoms with Crippen molar-refractivity contribution >= 4 is 19.8 Å². The summed E-state index contributed by atoms with van der Waals surface area (Å²) in [5, 5.41) is 0. The lowest BCUT2D eigenvalue weighted by atomic mass is 10.0. The third kappa shape index (κ3) is 63.5. The molecule has 0 saturated carbocycles. The maximum absolute atomic E-state index is 12.8. The average Bonchev–Trinajstić information content (AvgIpc) is 3.39. The Labute approximate surface area is 479 Å². The zero-order chi connectivity index (χ0) is 56.3. The number of likely N-dealkylation sites (N-methyl/N-ethyl adjacent to an activating group) is 1. The Balaban J connectivity index is 3.95. The van der Waals surface area contributed by atoms with Gasteiger partial charge in [0, 0.05) is 12.8 Å². The summed E-state index contributed by atoms with van der Waals surface area (Å²) in [6, 6.07) is 0. The molecule has 0 aromatic carbocycles. The number of unbranched alkanes of at least 4 members (excludes halogenated alkanes) is 45. The van der Waals surface area contributed by atoms with Crippen LogP contribution in [0.15, 0.2) is 24.3 Å². The molecule has 2 unspecified atom stereocenters. The van der Waals surface area contributed by atoms with Crippen LogP contribution >= 0.6 is 7.82 Å². The minimum atomic E-state index is -4.63. The topological polar surface area (TPSA) is 111 Å². The van der Waals surface area contributed by atoms with Gasteiger partial charge in [-0.25, -0.2) is 0 Å². The normalized spacial score (nSPS) is 13.3. The van der Waals surface area contributed by atoms with Gasteiger partial charge in [-0.05, 0) is 44.9 Å². The van der Waals surface area contributed by atoms with Crippen molar-refractivity contribution in [2.24, 2.45) is 0 Å². The van der Waals surface area contributed by atoms with E-state index in [1.54, 1.807) is 0 Å². The summed E-state index contributed by atoms with van der Waals surface area (Å²) in [6.45, 7) is 4.30. The quantitative estimate of drug-likeness (QED) is 0.0195. The van der Waals surface area contributed by atoms with E-state index in [9.17, 15) is 19.0 Å². The van der Waals surface area contributed by atoms with E-state index in [1.807, 2.05) is 21.1 Å². The van der Waals surface area contributed by atoms with Crippen LogP contribution in [0.2, 0.25) is 0 Å². The maximum atomic E-state index is 12.8. The molecule has 0 spiro atoms. The van der Waals surface area contributed by atoms with E-state index >= 15 is 0 Å². The van der Waals surface area contributed by atoms with Gasteiger partial charge in [-0.1, -0.05) is 308 Å². The molecule has 0 fully saturated rings. The van der Waals surface area contributed by atoms with E-state index in [1.165, 1.54) is 270 Å². The molecule has 9 nitrogen and oxygen atoms in total. The van der Waals surface area contributed by atoms with Crippen molar-refractivity contribution < 1.29 is 42.1 Å². The summed E-state index contributed by atoms with van der Waals surface area (Å²) in [4.78, 5) is 38.0. The Morgan fingerprint density at radius 2 is 0.701 bits per heavy atom. The average molecular weight is 1110 g/mol. The number of phosphoric acid groups is 1. The molecule has 0 aliphatic rings. The molecule has 0 N–H and O–H groups in total. The van der Waals surface area contributed by atoms with Crippen molar-refractivity contribution in [3.63, 3.8) is 0 Å². The van der Waals surface area contributed by atoms with Crippen molar-refractivity contribution in [1.29, 1.82) is 0 Å². The van der Waals surface area contributed by atoms with Crippen molar-refractivity contribution in [2.75, 3.05) is 47.5 Å². The van der Waals surface area contributed by atoms with E-state index in [-0.39, 0.29) is 32.0 Å². The van der Waals surface area contributed by atoms with Gasteiger partial charge in [-0.3, -0.25) is 14.2 Å². The smallest absolute Gasteiger partial charge is 0.306 e. The van der Waals surface area contributed by atoms with E-state index in [0.717, 1.165) is 38.5 Å². The predicted molar refractivity (Wildman–Crippen MR) is 328 cm³/mol. The van der Waals surface area contributed by atoms with E-state index in [2.05, 4.69) is 38.2 Å². The third-order valence-corrected chi connectivity index (χ3v) is 16.2. The second-order valence-electron chi connectivity index (χ2n) is 24.2. The molecule has 456 valence electrons. The van der Waals surface area contributed by atoms with E-state index in [4.69, 9.17) is 18.5 Å². The van der Waals surface area contributed by atoms with E-state index < -0.39 is 26.5 Å². The van der Waals surface area contributed by atoms with Crippen molar-refractivity contribution in [2.45, 2.75) is 347 Å². The van der Waals surface area contributed by atoms with Gasteiger partial charge in [0.05, 0.1) is 27.7 Å². The highest BCUT2D eigenvalue weighted by atomic mass is 31.2. The zero-order valence-corrected chi connectivity index (χ0v) is 52.8.